The smallest absolute Gasteiger partial charge is 0.201 e. The molecule has 0 aliphatic heterocycles. The van der Waals surface area contributed by atoms with Crippen molar-refractivity contribution in [1.82, 2.24) is 0 Å². The van der Waals surface area contributed by atoms with Crippen LogP contribution in [0.1, 0.15) is 0 Å². The van der Waals surface area contributed by atoms with E-state index in [-0.39, 0.29) is 0 Å². The highest BCUT2D eigenvalue weighted by atomic mass is 16.4. The van der Waals surface area contributed by atoms with Crippen molar-refractivity contribution in [3.63, 3.8) is 0 Å². The van der Waals surface area contributed by atoms with Gasteiger partial charge in [-0.25, -0.2) is 0 Å². The van der Waals surface area contributed by atoms with E-state index in [0.29, 0.717) is 0 Å². The minimum atomic E-state index is -1.72. The van der Waals surface area contributed by atoms with E-state index in [0.717, 1.165) is 0 Å². The van der Waals surface area contributed by atoms with Gasteiger partial charge in [0, 0.05) is 43.4 Å². The number of hydrogen-bond acceptors (Lipinski definition) is 22. The summed E-state index contributed by atoms with van der Waals surface area (Å²) >= 11 is 0. The van der Waals surface area contributed by atoms with Gasteiger partial charge in [-0.3, -0.25) is 0 Å². The third-order valence-electron chi connectivity index (χ3n) is 10.9. The molecule has 22 N–H and O–H groups in total. The first-order valence-corrected chi connectivity index (χ1v) is 16.4. The Bertz CT molecular complexity index is 3280. The van der Waals surface area contributed by atoms with Gasteiger partial charge in [-0.1, -0.05) is 0 Å². The number of phenolic OH excluding ortho intramolecular Hbond substituents is 22. The lowest BCUT2D eigenvalue weighted by Gasteiger charge is -2.25. The Morgan fingerprint density at radius 3 is 0.500 bits per heavy atom. The molecule has 0 radical (unpaired) electrons. The fourth-order valence-electron chi connectivity index (χ4n) is 8.33. The second kappa shape index (κ2) is 10.7. The summed E-state index contributed by atoms with van der Waals surface area (Å²) in [6.45, 7) is 0. The Kier molecular flexibility index (Phi) is 6.50. The van der Waals surface area contributed by atoms with E-state index in [2.05, 4.69) is 0 Å². The first-order chi connectivity index (χ1) is 28.0. The topological polar surface area (TPSA) is 445 Å². The van der Waals surface area contributed by atoms with Gasteiger partial charge in [-0.05, 0) is 0 Å². The molecule has 0 amide bonds. The van der Waals surface area contributed by atoms with E-state index in [1.54, 1.807) is 0 Å². The van der Waals surface area contributed by atoms with Crippen LogP contribution >= 0.6 is 0 Å². The van der Waals surface area contributed by atoms with Crippen LogP contribution in [-0.4, -0.2) is 112 Å². The molecule has 0 atom stereocenters. The number of rotatable bonds is 2. The maximum absolute atomic E-state index is 12.1. The van der Waals surface area contributed by atoms with Crippen LogP contribution in [0.4, 0.5) is 0 Å². The summed E-state index contributed by atoms with van der Waals surface area (Å²) in [6.07, 6.45) is 0. The number of hydrogen-bond donors (Lipinski definition) is 22. The molecule has 0 aliphatic carbocycles. The molecule has 60 heavy (non-hydrogen) atoms. The molecule has 0 fully saturated rings. The van der Waals surface area contributed by atoms with Crippen molar-refractivity contribution in [3.8, 4) is 149 Å². The Balaban J connectivity index is 1.55. The first-order valence-electron chi connectivity index (χ1n) is 16.4. The Hall–Kier alpha value is -9.34. The maximum Gasteiger partial charge on any atom is 0.201 e. The second-order valence-electron chi connectivity index (χ2n) is 13.7. The fourth-order valence-corrected chi connectivity index (χ4v) is 8.33. The van der Waals surface area contributed by atoms with Crippen LogP contribution in [0.25, 0.3) is 86.9 Å². The van der Waals surface area contributed by atoms with E-state index in [1.165, 1.54) is 0 Å². The zero-order valence-corrected chi connectivity index (χ0v) is 28.8. The molecule has 22 heteroatoms. The van der Waals surface area contributed by atoms with E-state index in [9.17, 15) is 112 Å². The molecule has 9 aromatic rings. The van der Waals surface area contributed by atoms with Gasteiger partial charge in [-0.15, -0.1) is 0 Å². The molecule has 0 aromatic heterocycles. The highest BCUT2D eigenvalue weighted by Gasteiger charge is 2.40. The molecule has 0 heterocycles. The highest BCUT2D eigenvalue weighted by Crippen LogP contribution is 2.69. The zero-order chi connectivity index (χ0) is 43.9. The third-order valence-corrected chi connectivity index (χ3v) is 10.9. The summed E-state index contributed by atoms with van der Waals surface area (Å²) in [7, 11) is 0. The van der Waals surface area contributed by atoms with Crippen molar-refractivity contribution >= 4 is 64.6 Å². The van der Waals surface area contributed by atoms with Crippen LogP contribution in [-0.2, 0) is 0 Å². The minimum Gasteiger partial charge on any atom is -0.506 e. The molecule has 0 aliphatic rings. The molecule has 0 saturated carbocycles. The van der Waals surface area contributed by atoms with Gasteiger partial charge >= 0.3 is 0 Å². The summed E-state index contributed by atoms with van der Waals surface area (Å²) in [5, 5.41) is 233. The lowest BCUT2D eigenvalue weighted by atomic mass is 9.82. The van der Waals surface area contributed by atoms with Gasteiger partial charge in [0.05, 0.1) is 43.4 Å². The minimum absolute atomic E-state index is 0.785. The Labute approximate surface area is 325 Å². The van der Waals surface area contributed by atoms with Crippen molar-refractivity contribution in [1.29, 1.82) is 0 Å². The number of benzene rings is 9. The molecule has 0 unspecified atom stereocenters. The average molecular weight is 831 g/mol. The molecule has 9 rings (SSSR count). The summed E-state index contributed by atoms with van der Waals surface area (Å²) < 4.78 is 0. The van der Waals surface area contributed by atoms with Crippen LogP contribution in [0.2, 0.25) is 0 Å². The monoisotopic (exact) mass is 830 g/mol. The molecule has 0 saturated heterocycles. The molecule has 22 nitrogen and oxygen atoms in total. The number of aromatic hydroxyl groups is 22. The molecule has 0 spiro atoms. The lowest BCUT2D eigenvalue weighted by Crippen LogP contribution is -1.96. The molecule has 9 aromatic carbocycles. The van der Waals surface area contributed by atoms with Crippen molar-refractivity contribution in [2.24, 2.45) is 0 Å². The summed E-state index contributed by atoms with van der Waals surface area (Å²) in [5.74, 6) is -32.4. The lowest BCUT2D eigenvalue weighted by molar-refractivity contribution is 0.362. The molecule has 306 valence electrons. The van der Waals surface area contributed by atoms with Gasteiger partial charge < -0.3 is 112 Å². The van der Waals surface area contributed by atoms with Crippen LogP contribution < -0.4 is 0 Å². The summed E-state index contributed by atoms with van der Waals surface area (Å²) in [6, 6.07) is 0. The van der Waals surface area contributed by atoms with E-state index >= 15 is 0 Å². The summed E-state index contributed by atoms with van der Waals surface area (Å²) in [5.41, 5.74) is -5.37. The van der Waals surface area contributed by atoms with Crippen molar-refractivity contribution < 1.29 is 112 Å². The van der Waals surface area contributed by atoms with Gasteiger partial charge in [-0.2, -0.15) is 0 Å². The fraction of sp³-hybridized carbons (Fsp3) is 0. The van der Waals surface area contributed by atoms with Crippen molar-refractivity contribution in [2.75, 3.05) is 0 Å². The average Bonchev–Trinajstić information content (AvgIpc) is 3.20. The predicted octanol–water partition coefficient (Wildman–Crippen LogP) is 4.34. The SMILES string of the molecule is Oc1c(O)c(-c2c(O)c(O)c3c(O)c(O)c4c(O)c(O)c(O)c5c(O)c(O)c2c3c45)c(O)c(-c2c(O)c(O)c3c(O)c(O)c4c(O)c(O)c(O)c5c(O)c(O)c2c3c45)c1O. The Morgan fingerprint density at radius 1 is 0.100 bits per heavy atom. The largest absolute Gasteiger partial charge is 0.506 e. The van der Waals surface area contributed by atoms with Crippen LogP contribution in [0.3, 0.4) is 0 Å². The highest BCUT2D eigenvalue weighted by molar-refractivity contribution is 6.38. The second-order valence-corrected chi connectivity index (χ2v) is 13.7. The van der Waals surface area contributed by atoms with Gasteiger partial charge in [0.15, 0.2) is 103 Å². The van der Waals surface area contributed by atoms with Crippen LogP contribution in [0.5, 0.6) is 126 Å². The van der Waals surface area contributed by atoms with E-state index in [1.807, 2.05) is 0 Å². The molecular formula is C38H22O22. The van der Waals surface area contributed by atoms with Gasteiger partial charge in [0.25, 0.3) is 0 Å². The van der Waals surface area contributed by atoms with Crippen molar-refractivity contribution in [3.05, 3.63) is 0 Å². The first kappa shape index (κ1) is 36.3. The maximum atomic E-state index is 12.1. The predicted molar refractivity (Wildman–Crippen MR) is 201 cm³/mol. The summed E-state index contributed by atoms with van der Waals surface area (Å²) in [4.78, 5) is 0. The van der Waals surface area contributed by atoms with Gasteiger partial charge in [0.1, 0.15) is 5.75 Å². The van der Waals surface area contributed by atoms with E-state index < -0.39 is 213 Å². The zero-order valence-electron chi connectivity index (χ0n) is 28.8. The van der Waals surface area contributed by atoms with Gasteiger partial charge in [0.2, 0.25) is 17.2 Å². The Morgan fingerprint density at radius 2 is 0.250 bits per heavy atom. The van der Waals surface area contributed by atoms with E-state index in [4.69, 9.17) is 0 Å². The van der Waals surface area contributed by atoms with Crippen LogP contribution in [0.15, 0.2) is 0 Å². The third kappa shape index (κ3) is 3.62. The number of phenols is 22. The quantitative estimate of drug-likeness (QED) is 0.0654. The van der Waals surface area contributed by atoms with Crippen molar-refractivity contribution in [2.45, 2.75) is 0 Å². The molecule has 0 bridgehead atoms. The molecular weight excluding hydrogens is 808 g/mol. The van der Waals surface area contributed by atoms with Crippen LogP contribution in [0, 0.1) is 0 Å². The normalized spacial score (nSPS) is 12.1. The standard InChI is InChI=1S/C38H22O22/c39-17-15(7-5-1-3-11(24(46)18(5)40)30(52)36(58)32(54)13(3)28(50)26(48)9(1)22(44)20(7)42)34(56)38(60)35(57)16(17)8-6-2-4-12(25(47)19(6)41)31(53)37(59)33(55)14(4)29(51)27(49)10(2)23(45)21(8)43/h39-60H.